The summed E-state index contributed by atoms with van der Waals surface area (Å²) in [5, 5.41) is 17.3. The molecular weight excluding hydrogens is 176 g/mol. The van der Waals surface area contributed by atoms with E-state index in [9.17, 15) is 0 Å². The van der Waals surface area contributed by atoms with E-state index in [0.29, 0.717) is 23.2 Å². The summed E-state index contributed by atoms with van der Waals surface area (Å²) in [6.07, 6.45) is 0.402. The van der Waals surface area contributed by atoms with Crippen LogP contribution in [0.2, 0.25) is 0 Å². The van der Waals surface area contributed by atoms with E-state index in [-0.39, 0.29) is 6.61 Å². The predicted molar refractivity (Wildman–Crippen MR) is 54.2 cm³/mol. The number of benzene rings is 1. The zero-order valence-corrected chi connectivity index (χ0v) is 7.62. The highest BCUT2D eigenvalue weighted by Gasteiger charge is 1.98. The van der Waals surface area contributed by atoms with Crippen LogP contribution in [-0.4, -0.2) is 11.7 Å². The van der Waals surface area contributed by atoms with Gasteiger partial charge < -0.3 is 10.8 Å². The Hall–Kier alpha value is -1.97. The second-order valence-electron chi connectivity index (χ2n) is 2.69. The average molecular weight is 186 g/mol. The highest BCUT2D eigenvalue weighted by atomic mass is 16.2. The molecule has 0 aliphatic rings. The number of hydrogen-bond acceptors (Lipinski definition) is 3. The summed E-state index contributed by atoms with van der Waals surface area (Å²) < 4.78 is 0. The molecule has 0 heterocycles. The van der Waals surface area contributed by atoms with Crippen molar-refractivity contribution in [2.75, 3.05) is 12.3 Å². The minimum atomic E-state index is 0.0250. The normalized spacial score (nSPS) is 8.57. The maximum atomic E-state index is 8.76. The molecule has 0 fully saturated rings. The molecule has 0 amide bonds. The summed E-state index contributed by atoms with van der Waals surface area (Å²) in [6.45, 7) is 0.0250. The van der Waals surface area contributed by atoms with Gasteiger partial charge in [0.05, 0.1) is 12.2 Å². The number of nitriles is 1. The second-order valence-corrected chi connectivity index (χ2v) is 2.69. The van der Waals surface area contributed by atoms with E-state index in [1.165, 1.54) is 0 Å². The molecule has 3 nitrogen and oxygen atoms in total. The van der Waals surface area contributed by atoms with Gasteiger partial charge in [-0.3, -0.25) is 0 Å². The number of aliphatic hydroxyl groups excluding tert-OH is 1. The molecule has 1 rings (SSSR count). The van der Waals surface area contributed by atoms with Crippen molar-refractivity contribution in [2.24, 2.45) is 0 Å². The Morgan fingerprint density at radius 3 is 2.79 bits per heavy atom. The Kier molecular flexibility index (Phi) is 3.55. The molecule has 0 saturated carbocycles. The van der Waals surface area contributed by atoms with E-state index in [0.717, 1.165) is 0 Å². The molecule has 0 aliphatic heterocycles. The Morgan fingerprint density at radius 2 is 2.14 bits per heavy atom. The first-order valence-electron chi connectivity index (χ1n) is 4.17. The van der Waals surface area contributed by atoms with Crippen LogP contribution in [-0.2, 0) is 0 Å². The van der Waals surface area contributed by atoms with Crippen LogP contribution in [0, 0.1) is 23.2 Å². The van der Waals surface area contributed by atoms with Crippen molar-refractivity contribution >= 4 is 5.69 Å². The van der Waals surface area contributed by atoms with Crippen LogP contribution in [0.4, 0.5) is 5.69 Å². The van der Waals surface area contributed by atoms with Gasteiger partial charge in [0.15, 0.2) is 0 Å². The lowest BCUT2D eigenvalue weighted by molar-refractivity contribution is 0.305. The van der Waals surface area contributed by atoms with Crippen molar-refractivity contribution in [3.8, 4) is 17.9 Å². The molecule has 0 radical (unpaired) electrons. The number of nitrogens with zero attached hydrogens (tertiary/aromatic N) is 1. The van der Waals surface area contributed by atoms with Gasteiger partial charge in [-0.05, 0) is 18.2 Å². The third-order valence-corrected chi connectivity index (χ3v) is 1.62. The van der Waals surface area contributed by atoms with Crippen molar-refractivity contribution < 1.29 is 5.11 Å². The highest BCUT2D eigenvalue weighted by Crippen LogP contribution is 2.11. The van der Waals surface area contributed by atoms with Crippen LogP contribution in [0.3, 0.4) is 0 Å². The number of nitrogen functional groups attached to an aromatic ring is 1. The van der Waals surface area contributed by atoms with Crippen molar-refractivity contribution in [2.45, 2.75) is 6.42 Å². The van der Waals surface area contributed by atoms with Crippen molar-refractivity contribution in [3.63, 3.8) is 0 Å². The van der Waals surface area contributed by atoms with Crippen LogP contribution < -0.4 is 5.73 Å². The first kappa shape index (κ1) is 10.1. The summed E-state index contributed by atoms with van der Waals surface area (Å²) in [6, 6.07) is 6.98. The number of aliphatic hydroxyl groups is 1. The van der Waals surface area contributed by atoms with Gasteiger partial charge in [0.2, 0.25) is 0 Å². The van der Waals surface area contributed by atoms with E-state index in [1.54, 1.807) is 18.2 Å². The molecule has 14 heavy (non-hydrogen) atoms. The van der Waals surface area contributed by atoms with E-state index >= 15 is 0 Å². The van der Waals surface area contributed by atoms with Crippen molar-refractivity contribution in [3.05, 3.63) is 29.3 Å². The Balaban J connectivity index is 3.02. The molecule has 1 aromatic rings. The van der Waals surface area contributed by atoms with Crippen molar-refractivity contribution in [1.29, 1.82) is 5.26 Å². The molecule has 0 saturated heterocycles. The fraction of sp³-hybridized carbons (Fsp3) is 0.182. The smallest absolute Gasteiger partial charge is 0.100 e. The monoisotopic (exact) mass is 186 g/mol. The summed E-state index contributed by atoms with van der Waals surface area (Å²) in [4.78, 5) is 0. The highest BCUT2D eigenvalue weighted by molar-refractivity contribution is 5.55. The maximum absolute atomic E-state index is 8.76. The third-order valence-electron chi connectivity index (χ3n) is 1.62. The lowest BCUT2D eigenvalue weighted by Crippen LogP contribution is -1.89. The quantitative estimate of drug-likeness (QED) is 0.505. The summed E-state index contributed by atoms with van der Waals surface area (Å²) in [5.74, 6) is 5.54. The first-order chi connectivity index (χ1) is 6.77. The zero-order valence-electron chi connectivity index (χ0n) is 7.62. The number of hydrogen-bond donors (Lipinski definition) is 2. The number of anilines is 1. The predicted octanol–water partition coefficient (Wildman–Crippen LogP) is 0.874. The van der Waals surface area contributed by atoms with Crippen LogP contribution in [0.5, 0.6) is 0 Å². The largest absolute Gasteiger partial charge is 0.399 e. The van der Waals surface area contributed by atoms with E-state index in [1.807, 2.05) is 6.07 Å². The molecule has 3 heteroatoms. The molecule has 1 aromatic carbocycles. The Bertz CT molecular complexity index is 421. The fourth-order valence-corrected chi connectivity index (χ4v) is 0.976. The molecular formula is C11H10N2O. The first-order valence-corrected chi connectivity index (χ1v) is 4.17. The molecule has 0 aromatic heterocycles. The third kappa shape index (κ3) is 2.52. The van der Waals surface area contributed by atoms with Gasteiger partial charge in [-0.15, -0.1) is 0 Å². The lowest BCUT2D eigenvalue weighted by atomic mass is 10.1. The van der Waals surface area contributed by atoms with Crippen LogP contribution in [0.15, 0.2) is 18.2 Å². The zero-order chi connectivity index (χ0) is 10.4. The summed E-state index contributed by atoms with van der Waals surface area (Å²) >= 11 is 0. The molecule has 0 spiro atoms. The maximum Gasteiger partial charge on any atom is 0.100 e. The van der Waals surface area contributed by atoms with Gasteiger partial charge in [0.1, 0.15) is 6.07 Å². The van der Waals surface area contributed by atoms with Gasteiger partial charge in [0.25, 0.3) is 0 Å². The average Bonchev–Trinajstić information content (AvgIpc) is 2.19. The number of nitrogens with two attached hydrogens (primary N) is 1. The molecule has 0 atom stereocenters. The molecule has 70 valence electrons. The molecule has 0 bridgehead atoms. The van der Waals surface area contributed by atoms with Gasteiger partial charge >= 0.3 is 0 Å². The molecule has 0 unspecified atom stereocenters. The minimum Gasteiger partial charge on any atom is -0.399 e. The summed E-state index contributed by atoms with van der Waals surface area (Å²) in [5.41, 5.74) is 7.26. The van der Waals surface area contributed by atoms with Gasteiger partial charge in [0, 0.05) is 17.7 Å². The Labute approximate surface area is 82.8 Å². The van der Waals surface area contributed by atoms with Crippen LogP contribution >= 0.6 is 0 Å². The minimum absolute atomic E-state index is 0.0250. The van der Waals surface area contributed by atoms with E-state index < -0.39 is 0 Å². The molecule has 3 N–H and O–H groups in total. The standard InChI is InChI=1S/C11H10N2O/c12-8-10-4-5-11(13)7-9(10)3-1-2-6-14/h4-5,7,14H,2,6,13H2. The molecule has 0 aliphatic carbocycles. The van der Waals surface area contributed by atoms with Crippen LogP contribution in [0.1, 0.15) is 17.5 Å². The summed E-state index contributed by atoms with van der Waals surface area (Å²) in [7, 11) is 0. The SMILES string of the molecule is N#Cc1ccc(N)cc1C#CCCO. The van der Waals surface area contributed by atoms with Gasteiger partial charge in [-0.2, -0.15) is 5.26 Å². The second kappa shape index (κ2) is 4.91. The lowest BCUT2D eigenvalue weighted by Gasteiger charge is -1.96. The van der Waals surface area contributed by atoms with E-state index in [4.69, 9.17) is 16.1 Å². The fourth-order valence-electron chi connectivity index (χ4n) is 0.976. The van der Waals surface area contributed by atoms with Gasteiger partial charge in [-0.1, -0.05) is 11.8 Å². The van der Waals surface area contributed by atoms with Crippen molar-refractivity contribution in [1.82, 2.24) is 0 Å². The van der Waals surface area contributed by atoms with Gasteiger partial charge in [-0.25, -0.2) is 0 Å². The topological polar surface area (TPSA) is 70.0 Å². The van der Waals surface area contributed by atoms with E-state index in [2.05, 4.69) is 11.8 Å². The van der Waals surface area contributed by atoms with Crippen LogP contribution in [0.25, 0.3) is 0 Å². The number of rotatable bonds is 1. The Morgan fingerprint density at radius 1 is 1.36 bits per heavy atom.